The summed E-state index contributed by atoms with van der Waals surface area (Å²) in [4.78, 5) is 11.3. The average Bonchev–Trinajstić information content (AvgIpc) is 2.18. The topological polar surface area (TPSA) is 17.1 Å². The highest BCUT2D eigenvalue weighted by molar-refractivity contribution is 6.31. The van der Waals surface area contributed by atoms with Gasteiger partial charge in [-0.25, -0.2) is 0 Å². The highest BCUT2D eigenvalue weighted by Crippen LogP contribution is 2.22. The summed E-state index contributed by atoms with van der Waals surface area (Å²) in [6, 6.07) is 6.63. The summed E-state index contributed by atoms with van der Waals surface area (Å²) in [5.41, 5.74) is 0.566. The number of carbonyl (C=O) groups excluding carboxylic acids is 1. The molecule has 0 aliphatic rings. The van der Waals surface area contributed by atoms with E-state index in [-0.39, 0.29) is 6.42 Å². The lowest BCUT2D eigenvalue weighted by Gasteiger charge is -2.06. The second kappa shape index (κ2) is 5.34. The van der Waals surface area contributed by atoms with E-state index in [0.717, 1.165) is 0 Å². The number of rotatable bonds is 4. The molecule has 0 N–H and O–H groups in total. The molecule has 0 fully saturated rings. The van der Waals surface area contributed by atoms with Crippen molar-refractivity contribution in [2.75, 3.05) is 0 Å². The normalized spacial score (nSPS) is 11.5. The first kappa shape index (κ1) is 13.0. The zero-order chi connectivity index (χ0) is 12.2. The maximum absolute atomic E-state index is 11.9. The molecule has 0 saturated heterocycles. The van der Waals surface area contributed by atoms with E-state index in [1.165, 1.54) is 0 Å². The van der Waals surface area contributed by atoms with Gasteiger partial charge in [-0.2, -0.15) is 13.2 Å². The number of benzene rings is 1. The van der Waals surface area contributed by atoms with Crippen molar-refractivity contribution in [2.24, 2.45) is 0 Å². The van der Waals surface area contributed by atoms with Gasteiger partial charge in [0.25, 0.3) is 0 Å². The van der Waals surface area contributed by atoms with Crippen LogP contribution in [0.15, 0.2) is 24.3 Å². The third-order valence-corrected chi connectivity index (χ3v) is 2.40. The number of halogens is 4. The fourth-order valence-electron chi connectivity index (χ4n) is 1.22. The van der Waals surface area contributed by atoms with Gasteiger partial charge in [-0.05, 0) is 11.6 Å². The number of Topliss-reactive ketones (excluding diaryl/α,β-unsaturated/α-hetero) is 1. The SMILES string of the molecule is O=C(CCC(F)(F)F)Cc1ccccc1Cl. The molecule has 5 heteroatoms. The van der Waals surface area contributed by atoms with Gasteiger partial charge in [0.15, 0.2) is 0 Å². The molecular weight excluding hydrogens is 241 g/mol. The predicted molar refractivity (Wildman–Crippen MR) is 55.5 cm³/mol. The molecule has 0 aromatic heterocycles. The highest BCUT2D eigenvalue weighted by atomic mass is 35.5. The van der Waals surface area contributed by atoms with Crippen LogP contribution < -0.4 is 0 Å². The van der Waals surface area contributed by atoms with Gasteiger partial charge < -0.3 is 0 Å². The summed E-state index contributed by atoms with van der Waals surface area (Å²) in [6.07, 6.45) is -5.89. The van der Waals surface area contributed by atoms with Crippen LogP contribution in [0.1, 0.15) is 18.4 Å². The molecule has 0 spiro atoms. The van der Waals surface area contributed by atoms with Crippen molar-refractivity contribution in [2.45, 2.75) is 25.4 Å². The van der Waals surface area contributed by atoms with Crippen LogP contribution in [-0.4, -0.2) is 12.0 Å². The molecular formula is C11H10ClF3O. The maximum Gasteiger partial charge on any atom is 0.389 e. The van der Waals surface area contributed by atoms with Gasteiger partial charge in [-0.1, -0.05) is 29.8 Å². The standard InChI is InChI=1S/C11H10ClF3O/c12-10-4-2-1-3-8(10)7-9(16)5-6-11(13,14)15/h1-4H,5-7H2. The molecule has 0 unspecified atom stereocenters. The first-order valence-corrected chi connectivity index (χ1v) is 5.08. The molecule has 0 radical (unpaired) electrons. The summed E-state index contributed by atoms with van der Waals surface area (Å²) < 4.78 is 35.6. The van der Waals surface area contributed by atoms with Crippen molar-refractivity contribution in [3.05, 3.63) is 34.9 Å². The largest absolute Gasteiger partial charge is 0.389 e. The van der Waals surface area contributed by atoms with Crippen LogP contribution in [0.5, 0.6) is 0 Å². The lowest BCUT2D eigenvalue weighted by atomic mass is 10.1. The molecule has 0 heterocycles. The van der Waals surface area contributed by atoms with Crippen LogP contribution in [-0.2, 0) is 11.2 Å². The molecule has 16 heavy (non-hydrogen) atoms. The zero-order valence-electron chi connectivity index (χ0n) is 8.35. The fourth-order valence-corrected chi connectivity index (χ4v) is 1.43. The van der Waals surface area contributed by atoms with Gasteiger partial charge in [0, 0.05) is 17.9 Å². The van der Waals surface area contributed by atoms with Gasteiger partial charge in [0.2, 0.25) is 0 Å². The summed E-state index contributed by atoms with van der Waals surface area (Å²) in [7, 11) is 0. The van der Waals surface area contributed by atoms with Crippen molar-refractivity contribution in [1.29, 1.82) is 0 Å². The summed E-state index contributed by atoms with van der Waals surface area (Å²) in [5, 5.41) is 0.405. The van der Waals surface area contributed by atoms with E-state index in [1.807, 2.05) is 0 Å². The Morgan fingerprint density at radius 1 is 1.25 bits per heavy atom. The Morgan fingerprint density at radius 2 is 1.88 bits per heavy atom. The number of alkyl halides is 3. The molecule has 1 rings (SSSR count). The van der Waals surface area contributed by atoms with E-state index >= 15 is 0 Å². The Kier molecular flexibility index (Phi) is 4.35. The summed E-state index contributed by atoms with van der Waals surface area (Å²) in [5.74, 6) is -0.453. The maximum atomic E-state index is 11.9. The Balaban J connectivity index is 2.50. The van der Waals surface area contributed by atoms with Gasteiger partial charge in [0.05, 0.1) is 6.42 Å². The lowest BCUT2D eigenvalue weighted by molar-refractivity contribution is -0.143. The van der Waals surface area contributed by atoms with Crippen LogP contribution in [0.4, 0.5) is 13.2 Å². The molecule has 0 aliphatic heterocycles. The van der Waals surface area contributed by atoms with E-state index in [1.54, 1.807) is 24.3 Å². The van der Waals surface area contributed by atoms with E-state index in [2.05, 4.69) is 0 Å². The minimum atomic E-state index is -4.28. The molecule has 88 valence electrons. The van der Waals surface area contributed by atoms with Crippen LogP contribution >= 0.6 is 11.6 Å². The number of carbonyl (C=O) groups is 1. The van der Waals surface area contributed by atoms with E-state index in [9.17, 15) is 18.0 Å². The molecule has 1 aromatic rings. The van der Waals surface area contributed by atoms with Gasteiger partial charge in [0.1, 0.15) is 5.78 Å². The van der Waals surface area contributed by atoms with Crippen LogP contribution in [0.3, 0.4) is 0 Å². The number of ketones is 1. The molecule has 0 atom stereocenters. The molecule has 0 bridgehead atoms. The fraction of sp³-hybridized carbons (Fsp3) is 0.364. The van der Waals surface area contributed by atoms with Gasteiger partial charge in [-0.15, -0.1) is 0 Å². The molecule has 1 nitrogen and oxygen atoms in total. The highest BCUT2D eigenvalue weighted by Gasteiger charge is 2.27. The second-order valence-corrected chi connectivity index (χ2v) is 3.83. The first-order chi connectivity index (χ1) is 7.38. The van der Waals surface area contributed by atoms with E-state index < -0.39 is 24.8 Å². The van der Waals surface area contributed by atoms with Crippen molar-refractivity contribution >= 4 is 17.4 Å². The smallest absolute Gasteiger partial charge is 0.299 e. The molecule has 0 aliphatic carbocycles. The van der Waals surface area contributed by atoms with Crippen LogP contribution in [0.25, 0.3) is 0 Å². The zero-order valence-corrected chi connectivity index (χ0v) is 9.11. The van der Waals surface area contributed by atoms with Crippen LogP contribution in [0, 0.1) is 0 Å². The monoisotopic (exact) mass is 250 g/mol. The van der Waals surface area contributed by atoms with Crippen LogP contribution in [0.2, 0.25) is 5.02 Å². The third kappa shape index (κ3) is 4.66. The summed E-state index contributed by atoms with van der Waals surface area (Å²) >= 11 is 5.78. The predicted octanol–water partition coefficient (Wildman–Crippen LogP) is 3.79. The average molecular weight is 251 g/mol. The Bertz CT molecular complexity index is 374. The van der Waals surface area contributed by atoms with Gasteiger partial charge >= 0.3 is 6.18 Å². The minimum absolute atomic E-state index is 0.0459. The third-order valence-electron chi connectivity index (χ3n) is 2.03. The minimum Gasteiger partial charge on any atom is -0.299 e. The van der Waals surface area contributed by atoms with E-state index in [0.29, 0.717) is 10.6 Å². The molecule has 1 aromatic carbocycles. The van der Waals surface area contributed by atoms with E-state index in [4.69, 9.17) is 11.6 Å². The van der Waals surface area contributed by atoms with Crippen molar-refractivity contribution in [3.8, 4) is 0 Å². The number of hydrogen-bond acceptors (Lipinski definition) is 1. The first-order valence-electron chi connectivity index (χ1n) is 4.70. The molecule has 0 amide bonds. The second-order valence-electron chi connectivity index (χ2n) is 3.42. The lowest BCUT2D eigenvalue weighted by Crippen LogP contribution is -2.12. The van der Waals surface area contributed by atoms with Crippen molar-refractivity contribution in [1.82, 2.24) is 0 Å². The number of hydrogen-bond donors (Lipinski definition) is 0. The Labute approximate surface area is 96.2 Å². The molecule has 0 saturated carbocycles. The Morgan fingerprint density at radius 3 is 2.44 bits per heavy atom. The van der Waals surface area contributed by atoms with Gasteiger partial charge in [-0.3, -0.25) is 4.79 Å². The van der Waals surface area contributed by atoms with Crippen molar-refractivity contribution in [3.63, 3.8) is 0 Å². The summed E-state index contributed by atoms with van der Waals surface area (Å²) in [6.45, 7) is 0. The quantitative estimate of drug-likeness (QED) is 0.795. The Hall–Kier alpha value is -1.03. The van der Waals surface area contributed by atoms with Crippen molar-refractivity contribution < 1.29 is 18.0 Å².